The van der Waals surface area contributed by atoms with E-state index in [4.69, 9.17) is 9.15 Å². The molecule has 156 valence electrons. The molecule has 0 aliphatic carbocycles. The minimum Gasteiger partial charge on any atom is -0.487 e. The zero-order valence-electron chi connectivity index (χ0n) is 15.9. The average molecular weight is 607 g/mol. The molecule has 1 aromatic heterocycles. The maximum atomic E-state index is 12.3. The minimum absolute atomic E-state index is 0.192. The number of fused-ring (bicyclic) bond motifs is 1. The first kappa shape index (κ1) is 21.8. The average Bonchev–Trinajstić information content (AvgIpc) is 3.17. The first-order valence-corrected chi connectivity index (χ1v) is 11.6. The molecule has 0 fully saturated rings. The van der Waals surface area contributed by atoms with E-state index < -0.39 is 5.91 Å². The van der Waals surface area contributed by atoms with E-state index in [0.29, 0.717) is 17.9 Å². The van der Waals surface area contributed by atoms with Crippen LogP contribution in [-0.2, 0) is 6.61 Å². The predicted octanol–water partition coefficient (Wildman–Crippen LogP) is 7.06. The van der Waals surface area contributed by atoms with Crippen LogP contribution in [0.2, 0.25) is 0 Å². The fourth-order valence-corrected chi connectivity index (χ4v) is 4.70. The number of furan rings is 1. The van der Waals surface area contributed by atoms with Gasteiger partial charge in [-0.15, -0.1) is 0 Å². The number of halogens is 3. The van der Waals surface area contributed by atoms with Gasteiger partial charge >= 0.3 is 5.91 Å². The maximum Gasteiger partial charge on any atom is 0.307 e. The Labute approximate surface area is 203 Å². The molecule has 8 heteroatoms. The number of hydrazone groups is 1. The summed E-state index contributed by atoms with van der Waals surface area (Å²) < 4.78 is 13.9. The molecular weight excluding hydrogens is 592 g/mol. The Kier molecular flexibility index (Phi) is 6.89. The standard InChI is InChI=1S/C23H15Br3N2O3/c24-17-6-7-20-16(10-17)11-21(31-20)23(29)28-27-12-15-8-18(25)22(19(26)9-15)30-13-14-4-2-1-3-5-14/h1-12H,13H2,(H,28,29)/b27-12+. The maximum absolute atomic E-state index is 12.3. The number of nitrogens with zero attached hydrogens (tertiary/aromatic N) is 1. The van der Waals surface area contributed by atoms with Crippen LogP contribution in [0.1, 0.15) is 21.7 Å². The summed E-state index contributed by atoms with van der Waals surface area (Å²) in [4.78, 5) is 12.3. The van der Waals surface area contributed by atoms with E-state index in [-0.39, 0.29) is 5.76 Å². The molecule has 0 saturated carbocycles. The minimum atomic E-state index is -0.426. The van der Waals surface area contributed by atoms with Crippen LogP contribution in [0.15, 0.2) is 89.7 Å². The van der Waals surface area contributed by atoms with Crippen LogP contribution in [0.25, 0.3) is 11.0 Å². The van der Waals surface area contributed by atoms with E-state index in [1.807, 2.05) is 54.6 Å². The lowest BCUT2D eigenvalue weighted by atomic mass is 10.2. The summed E-state index contributed by atoms with van der Waals surface area (Å²) in [5.41, 5.74) is 4.98. The first-order valence-electron chi connectivity index (χ1n) is 9.18. The number of carbonyl (C=O) groups excluding carboxylic acids is 1. The first-order chi connectivity index (χ1) is 15.0. The Bertz CT molecular complexity index is 1250. The van der Waals surface area contributed by atoms with E-state index in [2.05, 4.69) is 58.3 Å². The quantitative estimate of drug-likeness (QED) is 0.189. The second kappa shape index (κ2) is 9.80. The van der Waals surface area contributed by atoms with Crippen molar-refractivity contribution in [3.8, 4) is 5.75 Å². The fraction of sp³-hybridized carbons (Fsp3) is 0.0435. The Morgan fingerprint density at radius 3 is 2.48 bits per heavy atom. The van der Waals surface area contributed by atoms with Gasteiger partial charge in [-0.25, -0.2) is 5.43 Å². The van der Waals surface area contributed by atoms with Gasteiger partial charge in [0, 0.05) is 9.86 Å². The number of hydrogen-bond acceptors (Lipinski definition) is 4. The molecule has 4 aromatic rings. The van der Waals surface area contributed by atoms with Gasteiger partial charge in [0.05, 0.1) is 15.2 Å². The van der Waals surface area contributed by atoms with Crippen LogP contribution in [0.5, 0.6) is 5.75 Å². The molecule has 0 aliphatic rings. The molecule has 1 amide bonds. The molecule has 0 atom stereocenters. The van der Waals surface area contributed by atoms with Crippen molar-refractivity contribution in [3.05, 3.63) is 97.0 Å². The largest absolute Gasteiger partial charge is 0.487 e. The molecule has 0 bridgehead atoms. The lowest BCUT2D eigenvalue weighted by Gasteiger charge is -2.11. The molecule has 5 nitrogen and oxygen atoms in total. The lowest BCUT2D eigenvalue weighted by Crippen LogP contribution is -2.16. The number of amides is 1. The molecule has 0 spiro atoms. The van der Waals surface area contributed by atoms with Crippen molar-refractivity contribution < 1.29 is 13.9 Å². The summed E-state index contributed by atoms with van der Waals surface area (Å²) in [7, 11) is 0. The van der Waals surface area contributed by atoms with Gasteiger partial charge in [0.15, 0.2) is 5.76 Å². The van der Waals surface area contributed by atoms with Gasteiger partial charge < -0.3 is 9.15 Å². The number of ether oxygens (including phenoxy) is 1. The number of hydrogen-bond donors (Lipinski definition) is 1. The van der Waals surface area contributed by atoms with Crippen molar-refractivity contribution in [1.29, 1.82) is 0 Å². The normalized spacial score (nSPS) is 11.2. The topological polar surface area (TPSA) is 63.8 Å². The lowest BCUT2D eigenvalue weighted by molar-refractivity contribution is 0.0929. The zero-order valence-corrected chi connectivity index (χ0v) is 20.7. The Morgan fingerprint density at radius 2 is 1.74 bits per heavy atom. The van der Waals surface area contributed by atoms with E-state index >= 15 is 0 Å². The van der Waals surface area contributed by atoms with Crippen molar-refractivity contribution in [2.75, 3.05) is 0 Å². The summed E-state index contributed by atoms with van der Waals surface area (Å²) in [6.07, 6.45) is 1.55. The van der Waals surface area contributed by atoms with Gasteiger partial charge in [0.2, 0.25) is 0 Å². The summed E-state index contributed by atoms with van der Waals surface area (Å²) in [6.45, 7) is 0.454. The highest BCUT2D eigenvalue weighted by molar-refractivity contribution is 9.11. The van der Waals surface area contributed by atoms with Crippen LogP contribution >= 0.6 is 47.8 Å². The van der Waals surface area contributed by atoms with Gasteiger partial charge in [0.25, 0.3) is 0 Å². The summed E-state index contributed by atoms with van der Waals surface area (Å²) >= 11 is 10.5. The molecule has 4 rings (SSSR count). The highest BCUT2D eigenvalue weighted by Gasteiger charge is 2.12. The van der Waals surface area contributed by atoms with Crippen LogP contribution in [0, 0.1) is 0 Å². The second-order valence-electron chi connectivity index (χ2n) is 6.58. The monoisotopic (exact) mass is 604 g/mol. The molecule has 0 unspecified atom stereocenters. The van der Waals surface area contributed by atoms with Crippen LogP contribution in [0.3, 0.4) is 0 Å². The van der Waals surface area contributed by atoms with Gasteiger partial charge in [-0.3, -0.25) is 4.79 Å². The van der Waals surface area contributed by atoms with Crippen molar-refractivity contribution in [1.82, 2.24) is 5.43 Å². The fourth-order valence-electron chi connectivity index (χ4n) is 2.87. The van der Waals surface area contributed by atoms with Gasteiger partial charge in [0.1, 0.15) is 17.9 Å². The number of nitrogens with one attached hydrogen (secondary N) is 1. The van der Waals surface area contributed by atoms with E-state index in [1.54, 1.807) is 18.3 Å². The van der Waals surface area contributed by atoms with Crippen molar-refractivity contribution in [2.24, 2.45) is 5.10 Å². The van der Waals surface area contributed by atoms with Crippen molar-refractivity contribution in [2.45, 2.75) is 6.61 Å². The number of benzene rings is 3. The number of carbonyl (C=O) groups is 1. The SMILES string of the molecule is O=C(N/N=C/c1cc(Br)c(OCc2ccccc2)c(Br)c1)c1cc2cc(Br)ccc2o1. The van der Waals surface area contributed by atoms with Crippen molar-refractivity contribution >= 4 is 70.9 Å². The molecule has 0 radical (unpaired) electrons. The third-order valence-electron chi connectivity index (χ3n) is 4.33. The van der Waals surface area contributed by atoms with Gasteiger partial charge in [-0.05, 0) is 79.4 Å². The molecule has 0 aliphatic heterocycles. The third kappa shape index (κ3) is 5.44. The Balaban J connectivity index is 1.41. The zero-order chi connectivity index (χ0) is 21.8. The highest BCUT2D eigenvalue weighted by Crippen LogP contribution is 2.35. The van der Waals surface area contributed by atoms with Gasteiger partial charge in [-0.2, -0.15) is 5.10 Å². The summed E-state index contributed by atoms with van der Waals surface area (Å²) in [6, 6.07) is 20.9. The third-order valence-corrected chi connectivity index (χ3v) is 6.00. The van der Waals surface area contributed by atoms with E-state index in [0.717, 1.165) is 29.9 Å². The Hall–Kier alpha value is -2.42. The smallest absolute Gasteiger partial charge is 0.307 e. The van der Waals surface area contributed by atoms with Gasteiger partial charge in [-0.1, -0.05) is 46.3 Å². The summed E-state index contributed by atoms with van der Waals surface area (Å²) in [5, 5.41) is 4.87. The molecule has 0 saturated heterocycles. The van der Waals surface area contributed by atoms with Crippen LogP contribution in [-0.4, -0.2) is 12.1 Å². The summed E-state index contributed by atoms with van der Waals surface area (Å²) in [5.74, 6) is 0.459. The van der Waals surface area contributed by atoms with Crippen LogP contribution in [0.4, 0.5) is 0 Å². The highest BCUT2D eigenvalue weighted by atomic mass is 79.9. The van der Waals surface area contributed by atoms with E-state index in [9.17, 15) is 4.79 Å². The second-order valence-corrected chi connectivity index (χ2v) is 9.20. The number of rotatable bonds is 6. The molecule has 3 aromatic carbocycles. The van der Waals surface area contributed by atoms with E-state index in [1.165, 1.54) is 0 Å². The van der Waals surface area contributed by atoms with Crippen LogP contribution < -0.4 is 10.2 Å². The molecule has 1 heterocycles. The molecule has 1 N–H and O–H groups in total. The Morgan fingerprint density at radius 1 is 1.00 bits per heavy atom. The predicted molar refractivity (Wildman–Crippen MR) is 132 cm³/mol. The molecular formula is C23H15Br3N2O3. The molecule has 31 heavy (non-hydrogen) atoms. The van der Waals surface area contributed by atoms with Crippen molar-refractivity contribution in [3.63, 3.8) is 0 Å².